The number of nitrogens with zero attached hydrogens (tertiary/aromatic N) is 3. The first-order valence-electron chi connectivity index (χ1n) is 6.07. The number of likely N-dealkylation sites (N-methyl/N-ethyl adjacent to an activating group) is 1. The normalized spacial score (nSPS) is 11.9. The number of carbonyl (C=O) groups is 2. The molecule has 0 bridgehead atoms. The second-order valence-electron chi connectivity index (χ2n) is 4.42. The van der Waals surface area contributed by atoms with E-state index >= 15 is 0 Å². The largest absolute Gasteiger partial charge is 0.479 e. The second kappa shape index (κ2) is 5.56. The molecule has 104 valence electrons. The van der Waals surface area contributed by atoms with Gasteiger partial charge in [-0.2, -0.15) is 5.10 Å². The van der Waals surface area contributed by atoms with Crippen molar-refractivity contribution in [2.45, 2.75) is 13.0 Å². The summed E-state index contributed by atoms with van der Waals surface area (Å²) in [6.07, 6.45) is 3.08. The Morgan fingerprint density at radius 1 is 1.30 bits per heavy atom. The van der Waals surface area contributed by atoms with E-state index in [0.29, 0.717) is 5.56 Å². The van der Waals surface area contributed by atoms with Crippen LogP contribution in [0.15, 0.2) is 42.7 Å². The number of hydrogen-bond donors (Lipinski definition) is 1. The highest BCUT2D eigenvalue weighted by molar-refractivity contribution is 5.83. The molecule has 0 fully saturated rings. The van der Waals surface area contributed by atoms with Crippen LogP contribution in [0.5, 0.6) is 0 Å². The van der Waals surface area contributed by atoms with Crippen LogP contribution in [0.25, 0.3) is 5.69 Å². The summed E-state index contributed by atoms with van der Waals surface area (Å²) in [5.41, 5.74) is 1.28. The van der Waals surface area contributed by atoms with Crippen LogP contribution in [0.1, 0.15) is 18.5 Å². The average molecular weight is 273 g/mol. The molecule has 1 unspecified atom stereocenters. The zero-order chi connectivity index (χ0) is 14.7. The molecular weight excluding hydrogens is 258 g/mol. The quantitative estimate of drug-likeness (QED) is 0.915. The number of para-hydroxylation sites is 1. The molecule has 2 rings (SSSR count). The minimum absolute atomic E-state index is 0.315. The topological polar surface area (TPSA) is 75.4 Å². The Hall–Kier alpha value is -2.63. The van der Waals surface area contributed by atoms with E-state index in [1.54, 1.807) is 10.9 Å². The fourth-order valence-electron chi connectivity index (χ4n) is 1.91. The molecule has 0 radical (unpaired) electrons. The number of hydrogen-bond acceptors (Lipinski definition) is 3. The molecule has 1 amide bonds. The molecule has 20 heavy (non-hydrogen) atoms. The Labute approximate surface area is 116 Å². The number of carboxylic acid groups (broad SMARTS) is 1. The number of benzene rings is 1. The van der Waals surface area contributed by atoms with Crippen LogP contribution in [0.3, 0.4) is 0 Å². The maximum atomic E-state index is 11.4. The first-order chi connectivity index (χ1) is 9.50. The van der Waals surface area contributed by atoms with Gasteiger partial charge in [0, 0.05) is 25.7 Å². The van der Waals surface area contributed by atoms with Gasteiger partial charge in [-0.05, 0) is 12.1 Å². The van der Waals surface area contributed by atoms with Crippen molar-refractivity contribution < 1.29 is 14.7 Å². The molecule has 0 spiro atoms. The third-order valence-corrected chi connectivity index (χ3v) is 3.06. The average Bonchev–Trinajstić information content (AvgIpc) is 2.88. The van der Waals surface area contributed by atoms with Crippen LogP contribution in [0.4, 0.5) is 0 Å². The predicted molar refractivity (Wildman–Crippen MR) is 72.4 cm³/mol. The second-order valence-corrected chi connectivity index (χ2v) is 4.42. The lowest BCUT2D eigenvalue weighted by atomic mass is 10.1. The van der Waals surface area contributed by atoms with E-state index < -0.39 is 12.0 Å². The Kier molecular flexibility index (Phi) is 3.84. The number of aliphatic carboxylic acids is 1. The smallest absolute Gasteiger partial charge is 0.331 e. The number of carboxylic acids is 1. The van der Waals surface area contributed by atoms with Gasteiger partial charge in [0.1, 0.15) is 0 Å². The van der Waals surface area contributed by atoms with Crippen molar-refractivity contribution >= 4 is 11.9 Å². The summed E-state index contributed by atoms with van der Waals surface area (Å²) in [6.45, 7) is 1.33. The van der Waals surface area contributed by atoms with Crippen molar-refractivity contribution in [2.75, 3.05) is 7.05 Å². The molecule has 1 aromatic carbocycles. The Balaban J connectivity index is 2.35. The van der Waals surface area contributed by atoms with E-state index in [4.69, 9.17) is 0 Å². The van der Waals surface area contributed by atoms with Crippen LogP contribution < -0.4 is 0 Å². The van der Waals surface area contributed by atoms with Gasteiger partial charge in [0.15, 0.2) is 6.04 Å². The molecule has 6 nitrogen and oxygen atoms in total. The van der Waals surface area contributed by atoms with Gasteiger partial charge in [0.05, 0.1) is 11.9 Å². The van der Waals surface area contributed by atoms with Crippen molar-refractivity contribution in [3.63, 3.8) is 0 Å². The zero-order valence-corrected chi connectivity index (χ0v) is 11.2. The minimum Gasteiger partial charge on any atom is -0.479 e. The van der Waals surface area contributed by atoms with Gasteiger partial charge < -0.3 is 10.0 Å². The van der Waals surface area contributed by atoms with Crippen molar-refractivity contribution in [3.05, 3.63) is 48.3 Å². The van der Waals surface area contributed by atoms with E-state index in [1.807, 2.05) is 30.3 Å². The molecule has 0 aliphatic heterocycles. The highest BCUT2D eigenvalue weighted by atomic mass is 16.4. The first kappa shape index (κ1) is 13.8. The van der Waals surface area contributed by atoms with Crippen LogP contribution >= 0.6 is 0 Å². The summed E-state index contributed by atoms with van der Waals surface area (Å²) in [4.78, 5) is 23.9. The van der Waals surface area contributed by atoms with Crippen molar-refractivity contribution in [3.8, 4) is 5.69 Å². The van der Waals surface area contributed by atoms with E-state index in [9.17, 15) is 14.7 Å². The Morgan fingerprint density at radius 2 is 1.95 bits per heavy atom. The fourth-order valence-corrected chi connectivity index (χ4v) is 1.91. The summed E-state index contributed by atoms with van der Waals surface area (Å²) < 4.78 is 1.58. The predicted octanol–water partition coefficient (Wildman–Crippen LogP) is 1.48. The Bertz CT molecular complexity index is 622. The van der Waals surface area contributed by atoms with Crippen LogP contribution in [0, 0.1) is 0 Å². The molecular formula is C14H15N3O3. The monoisotopic (exact) mass is 273 g/mol. The van der Waals surface area contributed by atoms with Crippen LogP contribution in [-0.2, 0) is 9.59 Å². The van der Waals surface area contributed by atoms with Crippen LogP contribution in [0.2, 0.25) is 0 Å². The SMILES string of the molecule is CC(=O)N(C)C(C(=O)O)c1cnn(-c2ccccc2)c1. The third kappa shape index (κ3) is 2.69. The molecule has 6 heteroatoms. The summed E-state index contributed by atoms with van der Waals surface area (Å²) >= 11 is 0. The summed E-state index contributed by atoms with van der Waals surface area (Å²) in [5.74, 6) is -1.40. The van der Waals surface area contributed by atoms with Crippen LogP contribution in [-0.4, -0.2) is 38.7 Å². The number of amides is 1. The van der Waals surface area contributed by atoms with Gasteiger partial charge in [-0.1, -0.05) is 18.2 Å². The molecule has 0 aliphatic carbocycles. The van der Waals surface area contributed by atoms with Crippen molar-refractivity contribution in [2.24, 2.45) is 0 Å². The van der Waals surface area contributed by atoms with E-state index in [2.05, 4.69) is 5.10 Å². The molecule has 2 aromatic rings. The van der Waals surface area contributed by atoms with E-state index in [-0.39, 0.29) is 5.91 Å². The standard InChI is InChI=1S/C14H15N3O3/c1-10(18)16(2)13(14(19)20)11-8-15-17(9-11)12-6-4-3-5-7-12/h3-9,13H,1-2H3,(H,19,20). The highest BCUT2D eigenvalue weighted by Gasteiger charge is 2.27. The molecule has 0 saturated heterocycles. The van der Waals surface area contributed by atoms with Crippen molar-refractivity contribution in [1.29, 1.82) is 0 Å². The zero-order valence-electron chi connectivity index (χ0n) is 11.2. The summed E-state index contributed by atoms with van der Waals surface area (Å²) in [6, 6.07) is 8.31. The Morgan fingerprint density at radius 3 is 2.50 bits per heavy atom. The van der Waals surface area contributed by atoms with Gasteiger partial charge >= 0.3 is 5.97 Å². The van der Waals surface area contributed by atoms with Gasteiger partial charge in [-0.3, -0.25) is 4.79 Å². The first-order valence-corrected chi connectivity index (χ1v) is 6.07. The fraction of sp³-hybridized carbons (Fsp3) is 0.214. The van der Waals surface area contributed by atoms with Gasteiger partial charge in [0.25, 0.3) is 0 Å². The highest BCUT2D eigenvalue weighted by Crippen LogP contribution is 2.20. The molecule has 0 saturated carbocycles. The number of rotatable bonds is 4. The third-order valence-electron chi connectivity index (χ3n) is 3.06. The van der Waals surface area contributed by atoms with E-state index in [0.717, 1.165) is 5.69 Å². The minimum atomic E-state index is -1.09. The lowest BCUT2D eigenvalue weighted by Crippen LogP contribution is -2.34. The lowest BCUT2D eigenvalue weighted by molar-refractivity contribution is -0.148. The van der Waals surface area contributed by atoms with E-state index in [1.165, 1.54) is 25.1 Å². The van der Waals surface area contributed by atoms with Gasteiger partial charge in [0.2, 0.25) is 5.91 Å². The molecule has 0 aliphatic rings. The maximum absolute atomic E-state index is 11.4. The lowest BCUT2D eigenvalue weighted by Gasteiger charge is -2.22. The molecule has 1 heterocycles. The number of aromatic nitrogens is 2. The molecule has 1 atom stereocenters. The van der Waals surface area contributed by atoms with Gasteiger partial charge in [-0.15, -0.1) is 0 Å². The summed E-state index contributed by atoms with van der Waals surface area (Å²) in [7, 11) is 1.46. The molecule has 1 aromatic heterocycles. The van der Waals surface area contributed by atoms with Gasteiger partial charge in [-0.25, -0.2) is 9.48 Å². The number of carbonyl (C=O) groups excluding carboxylic acids is 1. The maximum Gasteiger partial charge on any atom is 0.331 e. The summed E-state index contributed by atoms with van der Waals surface area (Å²) in [5, 5.41) is 13.4. The van der Waals surface area contributed by atoms with Crippen molar-refractivity contribution in [1.82, 2.24) is 14.7 Å². The molecule has 1 N–H and O–H groups in total.